The number of aryl methyl sites for hydroxylation is 2. The molecule has 7 heteroatoms. The highest BCUT2D eigenvalue weighted by Gasteiger charge is 2.31. The van der Waals surface area contributed by atoms with Crippen molar-refractivity contribution in [2.24, 2.45) is 0 Å². The van der Waals surface area contributed by atoms with Crippen LogP contribution in [0.4, 0.5) is 0 Å². The number of nitrogens with zero attached hydrogens (tertiary/aromatic N) is 5. The molecule has 0 spiro atoms. The third-order valence-electron chi connectivity index (χ3n) is 6.69. The summed E-state index contributed by atoms with van der Waals surface area (Å²) in [5, 5.41) is 1.07. The van der Waals surface area contributed by atoms with Crippen molar-refractivity contribution in [1.29, 1.82) is 0 Å². The first kappa shape index (κ1) is 18.1. The largest absolute Gasteiger partial charge is 0.441 e. The van der Waals surface area contributed by atoms with Crippen LogP contribution in [0, 0.1) is 13.8 Å². The Kier molecular flexibility index (Phi) is 4.59. The lowest BCUT2D eigenvalue weighted by Gasteiger charge is -2.43. The molecule has 1 aliphatic carbocycles. The molecule has 0 unspecified atom stereocenters. The molecule has 28 heavy (non-hydrogen) atoms. The zero-order chi connectivity index (χ0) is 19.3. The zero-order valence-electron chi connectivity index (χ0n) is 16.9. The van der Waals surface area contributed by atoms with Crippen LogP contribution in [0.25, 0.3) is 11.1 Å². The summed E-state index contributed by atoms with van der Waals surface area (Å²) in [6, 6.07) is 0.779. The summed E-state index contributed by atoms with van der Waals surface area (Å²) in [5.74, 6) is 1.94. The van der Waals surface area contributed by atoms with Gasteiger partial charge in [0.25, 0.3) is 0 Å². The number of hydrogen-bond donors (Lipinski definition) is 0. The topological polar surface area (TPSA) is 65.7 Å². The molecule has 5 rings (SSSR count). The van der Waals surface area contributed by atoms with Crippen LogP contribution in [-0.4, -0.2) is 75.9 Å². The number of carbonyl (C=O) groups is 1. The molecule has 4 heterocycles. The molecule has 1 saturated heterocycles. The number of furan rings is 1. The van der Waals surface area contributed by atoms with Gasteiger partial charge in [-0.1, -0.05) is 6.42 Å². The van der Waals surface area contributed by atoms with Gasteiger partial charge >= 0.3 is 0 Å². The van der Waals surface area contributed by atoms with Gasteiger partial charge < -0.3 is 9.32 Å². The summed E-state index contributed by atoms with van der Waals surface area (Å²) < 4.78 is 6.04. The van der Waals surface area contributed by atoms with Gasteiger partial charge in [0, 0.05) is 44.3 Å². The van der Waals surface area contributed by atoms with Crippen LogP contribution in [-0.2, 0) is 17.8 Å². The summed E-state index contributed by atoms with van der Waals surface area (Å²) in [6.07, 6.45) is 4.93. The molecule has 2 aromatic rings. The SMILES string of the molecule is Cc1nc(C)c2c3c(oc2n1)CN(CC(=O)N1CCN(C2CCC2)CC1)CC3. The average molecular weight is 383 g/mol. The lowest BCUT2D eigenvalue weighted by Crippen LogP contribution is -2.55. The predicted molar refractivity (Wildman–Crippen MR) is 106 cm³/mol. The van der Waals surface area contributed by atoms with E-state index in [1.165, 1.54) is 24.8 Å². The van der Waals surface area contributed by atoms with Crippen LogP contribution < -0.4 is 0 Å². The van der Waals surface area contributed by atoms with Crippen molar-refractivity contribution in [3.05, 3.63) is 22.8 Å². The van der Waals surface area contributed by atoms with Crippen LogP contribution in [0.5, 0.6) is 0 Å². The summed E-state index contributed by atoms with van der Waals surface area (Å²) in [5.41, 5.74) is 2.90. The van der Waals surface area contributed by atoms with E-state index in [-0.39, 0.29) is 5.91 Å². The fourth-order valence-corrected chi connectivity index (χ4v) is 4.88. The van der Waals surface area contributed by atoms with E-state index >= 15 is 0 Å². The predicted octanol–water partition coefficient (Wildman–Crippen LogP) is 1.89. The molecule has 0 aromatic carbocycles. The van der Waals surface area contributed by atoms with E-state index in [0.717, 1.165) is 67.9 Å². The maximum Gasteiger partial charge on any atom is 0.236 e. The Labute approximate surface area is 165 Å². The van der Waals surface area contributed by atoms with E-state index in [9.17, 15) is 4.79 Å². The van der Waals surface area contributed by atoms with Crippen molar-refractivity contribution in [3.8, 4) is 0 Å². The number of fused-ring (bicyclic) bond motifs is 3. The lowest BCUT2D eigenvalue weighted by atomic mass is 9.91. The summed E-state index contributed by atoms with van der Waals surface area (Å²) in [4.78, 5) is 28.6. The van der Waals surface area contributed by atoms with Gasteiger partial charge in [-0.15, -0.1) is 0 Å². The van der Waals surface area contributed by atoms with Crippen molar-refractivity contribution >= 4 is 17.0 Å². The van der Waals surface area contributed by atoms with Crippen LogP contribution in [0.1, 0.15) is 42.1 Å². The van der Waals surface area contributed by atoms with Gasteiger partial charge in [0.05, 0.1) is 24.2 Å². The van der Waals surface area contributed by atoms with Crippen molar-refractivity contribution in [1.82, 2.24) is 24.7 Å². The Bertz CT molecular complexity index is 896. The highest BCUT2D eigenvalue weighted by molar-refractivity contribution is 5.82. The molecule has 1 saturated carbocycles. The van der Waals surface area contributed by atoms with Crippen LogP contribution in [0.15, 0.2) is 4.42 Å². The fourth-order valence-electron chi connectivity index (χ4n) is 4.88. The van der Waals surface area contributed by atoms with Crippen molar-refractivity contribution in [2.45, 2.75) is 52.1 Å². The molecule has 0 N–H and O–H groups in total. The van der Waals surface area contributed by atoms with Crippen LogP contribution in [0.3, 0.4) is 0 Å². The number of amides is 1. The highest BCUT2D eigenvalue weighted by atomic mass is 16.3. The standard InChI is InChI=1S/C21H29N5O2/c1-14-20-17-6-7-24(12-18(17)28-21(20)23-15(2)22-14)13-19(27)26-10-8-25(9-11-26)16-4-3-5-16/h16H,3-13H2,1-2H3. The first-order valence-electron chi connectivity index (χ1n) is 10.6. The van der Waals surface area contributed by atoms with Crippen molar-refractivity contribution in [3.63, 3.8) is 0 Å². The smallest absolute Gasteiger partial charge is 0.236 e. The normalized spacial score (nSPS) is 21.7. The Morgan fingerprint density at radius 2 is 1.89 bits per heavy atom. The molecule has 3 aliphatic rings. The van der Waals surface area contributed by atoms with E-state index < -0.39 is 0 Å². The first-order chi connectivity index (χ1) is 13.6. The van der Waals surface area contributed by atoms with Gasteiger partial charge in [-0.25, -0.2) is 4.98 Å². The molecule has 0 atom stereocenters. The molecule has 1 amide bonds. The number of piperazine rings is 1. The lowest BCUT2D eigenvalue weighted by molar-refractivity contribution is -0.135. The molecule has 0 bridgehead atoms. The second-order valence-corrected chi connectivity index (χ2v) is 8.50. The van der Waals surface area contributed by atoms with Gasteiger partial charge in [0.15, 0.2) is 0 Å². The highest BCUT2D eigenvalue weighted by Crippen LogP contribution is 2.31. The van der Waals surface area contributed by atoms with Crippen molar-refractivity contribution < 1.29 is 9.21 Å². The molecule has 0 radical (unpaired) electrons. The second kappa shape index (κ2) is 7.12. The minimum absolute atomic E-state index is 0.250. The maximum atomic E-state index is 12.8. The minimum atomic E-state index is 0.250. The molecule has 2 fully saturated rings. The fraction of sp³-hybridized carbons (Fsp3) is 0.667. The number of rotatable bonds is 3. The van der Waals surface area contributed by atoms with Crippen molar-refractivity contribution in [2.75, 3.05) is 39.3 Å². The van der Waals surface area contributed by atoms with Gasteiger partial charge in [-0.2, -0.15) is 4.98 Å². The quantitative estimate of drug-likeness (QED) is 0.807. The third-order valence-corrected chi connectivity index (χ3v) is 6.69. The Morgan fingerprint density at radius 1 is 1.11 bits per heavy atom. The molecule has 150 valence electrons. The monoisotopic (exact) mass is 383 g/mol. The maximum absolute atomic E-state index is 12.8. The summed E-state index contributed by atoms with van der Waals surface area (Å²) in [6.45, 7) is 9.74. The third kappa shape index (κ3) is 3.20. The molecule has 2 aliphatic heterocycles. The number of aromatic nitrogens is 2. The van der Waals surface area contributed by atoms with E-state index in [1.807, 2.05) is 18.7 Å². The first-order valence-corrected chi connectivity index (χ1v) is 10.6. The van der Waals surface area contributed by atoms with Gasteiger partial charge in [0.1, 0.15) is 11.6 Å². The van der Waals surface area contributed by atoms with Gasteiger partial charge in [-0.05, 0) is 33.1 Å². The Hall–Kier alpha value is -1.99. The van der Waals surface area contributed by atoms with E-state index in [1.54, 1.807) is 0 Å². The van der Waals surface area contributed by atoms with E-state index in [4.69, 9.17) is 4.42 Å². The molecular formula is C21H29N5O2. The van der Waals surface area contributed by atoms with Crippen LogP contribution >= 0.6 is 0 Å². The zero-order valence-corrected chi connectivity index (χ0v) is 16.9. The molecule has 7 nitrogen and oxygen atoms in total. The summed E-state index contributed by atoms with van der Waals surface area (Å²) >= 11 is 0. The summed E-state index contributed by atoms with van der Waals surface area (Å²) in [7, 11) is 0. The molecular weight excluding hydrogens is 354 g/mol. The average Bonchev–Trinajstić information content (AvgIpc) is 2.98. The molecule has 2 aromatic heterocycles. The second-order valence-electron chi connectivity index (χ2n) is 8.50. The van der Waals surface area contributed by atoms with Gasteiger partial charge in [0.2, 0.25) is 11.6 Å². The Balaban J connectivity index is 1.22. The van der Waals surface area contributed by atoms with E-state index in [2.05, 4.69) is 19.8 Å². The van der Waals surface area contributed by atoms with Crippen LogP contribution in [0.2, 0.25) is 0 Å². The number of hydrogen-bond acceptors (Lipinski definition) is 6. The minimum Gasteiger partial charge on any atom is -0.441 e. The number of carbonyl (C=O) groups excluding carboxylic acids is 1. The van der Waals surface area contributed by atoms with Gasteiger partial charge in [-0.3, -0.25) is 14.6 Å². The van der Waals surface area contributed by atoms with E-state index in [0.29, 0.717) is 18.8 Å². The Morgan fingerprint density at radius 3 is 2.61 bits per heavy atom.